The fourth-order valence-corrected chi connectivity index (χ4v) is 4.99. The lowest BCUT2D eigenvalue weighted by molar-refractivity contribution is 0.0563. The third-order valence-corrected chi connectivity index (χ3v) is 6.29. The van der Waals surface area contributed by atoms with Crippen LogP contribution in [0.1, 0.15) is 46.4 Å². The van der Waals surface area contributed by atoms with Gasteiger partial charge in [0, 0.05) is 18.0 Å². The zero-order valence-electron chi connectivity index (χ0n) is 16.7. The normalized spacial score (nSPS) is 20.7. The Balaban J connectivity index is 1.83. The van der Waals surface area contributed by atoms with Crippen LogP contribution >= 0.6 is 0 Å². The van der Waals surface area contributed by atoms with Gasteiger partial charge >= 0.3 is 0 Å². The van der Waals surface area contributed by atoms with Crippen molar-refractivity contribution < 1.29 is 23.1 Å². The van der Waals surface area contributed by atoms with Crippen molar-refractivity contribution in [3.63, 3.8) is 0 Å². The van der Waals surface area contributed by atoms with E-state index >= 15 is 8.78 Å². The number of carbonyl (C=O) groups excluding carboxylic acids is 1. The molecule has 1 fully saturated rings. The van der Waals surface area contributed by atoms with Gasteiger partial charge in [-0.15, -0.1) is 0 Å². The number of amides is 1. The summed E-state index contributed by atoms with van der Waals surface area (Å²) in [6, 6.07) is 7.46. The highest BCUT2D eigenvalue weighted by Gasteiger charge is 2.49. The lowest BCUT2D eigenvalue weighted by atomic mass is 9.79. The Kier molecular flexibility index (Phi) is 4.76. The van der Waals surface area contributed by atoms with Crippen LogP contribution in [0.4, 0.5) is 13.2 Å². The summed E-state index contributed by atoms with van der Waals surface area (Å²) >= 11 is 0. The van der Waals surface area contributed by atoms with E-state index in [1.54, 1.807) is 6.07 Å². The van der Waals surface area contributed by atoms with E-state index in [0.717, 1.165) is 18.3 Å². The predicted molar refractivity (Wildman–Crippen MR) is 108 cm³/mol. The minimum atomic E-state index is -1.08. The van der Waals surface area contributed by atoms with E-state index in [-0.39, 0.29) is 16.8 Å². The zero-order valence-corrected chi connectivity index (χ0v) is 16.7. The maximum atomic E-state index is 15.0. The highest BCUT2D eigenvalue weighted by molar-refractivity contribution is 5.96. The molecule has 1 unspecified atom stereocenters. The largest absolute Gasteiger partial charge is 0.502 e. The Bertz CT molecular complexity index is 1270. The van der Waals surface area contributed by atoms with Crippen molar-refractivity contribution in [1.82, 2.24) is 14.7 Å². The van der Waals surface area contributed by atoms with Crippen LogP contribution in [0.5, 0.6) is 5.75 Å². The van der Waals surface area contributed by atoms with E-state index in [1.807, 2.05) is 0 Å². The van der Waals surface area contributed by atoms with Crippen LogP contribution in [-0.2, 0) is 0 Å². The molecule has 2 aliphatic rings. The summed E-state index contributed by atoms with van der Waals surface area (Å²) < 4.78 is 45.4. The third-order valence-electron chi connectivity index (χ3n) is 6.29. The molecule has 1 N–H and O–H groups in total. The molecule has 2 aromatic carbocycles. The fourth-order valence-electron chi connectivity index (χ4n) is 4.99. The first-order valence-electron chi connectivity index (χ1n) is 10.2. The lowest BCUT2D eigenvalue weighted by Crippen LogP contribution is -2.51. The molecule has 1 aromatic heterocycles. The maximum Gasteiger partial charge on any atom is 0.276 e. The molecule has 0 saturated carbocycles. The van der Waals surface area contributed by atoms with Gasteiger partial charge < -0.3 is 10.0 Å². The summed E-state index contributed by atoms with van der Waals surface area (Å²) in [5, 5.41) is 14.5. The van der Waals surface area contributed by atoms with Crippen LogP contribution in [0.25, 0.3) is 0 Å². The molecule has 3 aromatic rings. The Morgan fingerprint density at radius 2 is 1.78 bits per heavy atom. The zero-order chi connectivity index (χ0) is 22.6. The highest BCUT2D eigenvalue weighted by atomic mass is 19.1. The van der Waals surface area contributed by atoms with Crippen LogP contribution in [0.3, 0.4) is 0 Å². The number of aromatic nitrogens is 2. The van der Waals surface area contributed by atoms with Crippen molar-refractivity contribution >= 4 is 5.91 Å². The van der Waals surface area contributed by atoms with Crippen LogP contribution in [0.15, 0.2) is 53.5 Å². The summed E-state index contributed by atoms with van der Waals surface area (Å²) in [7, 11) is 0. The molecular formula is C23H18F3N3O3. The smallest absolute Gasteiger partial charge is 0.276 e. The fraction of sp³-hybridized carbons (Fsp3) is 0.261. The van der Waals surface area contributed by atoms with Gasteiger partial charge in [0.25, 0.3) is 5.91 Å². The number of halogens is 3. The molecule has 0 radical (unpaired) electrons. The topological polar surface area (TPSA) is 75.4 Å². The van der Waals surface area contributed by atoms with Crippen molar-refractivity contribution in [2.45, 2.75) is 30.8 Å². The molecule has 1 amide bonds. The van der Waals surface area contributed by atoms with Gasteiger partial charge in [0.05, 0.1) is 18.3 Å². The molecule has 0 aliphatic carbocycles. The molecule has 164 valence electrons. The van der Waals surface area contributed by atoms with E-state index < -0.39 is 52.5 Å². The monoisotopic (exact) mass is 441 g/mol. The van der Waals surface area contributed by atoms with E-state index in [2.05, 4.69) is 5.10 Å². The first kappa shape index (κ1) is 20.3. The third kappa shape index (κ3) is 2.99. The summed E-state index contributed by atoms with van der Waals surface area (Å²) in [6.45, 7) is 0.359. The molecular weight excluding hydrogens is 423 g/mol. The van der Waals surface area contributed by atoms with Crippen LogP contribution in [-0.4, -0.2) is 38.3 Å². The van der Waals surface area contributed by atoms with Crippen molar-refractivity contribution in [3.8, 4) is 5.75 Å². The first-order valence-corrected chi connectivity index (χ1v) is 10.2. The van der Waals surface area contributed by atoms with E-state index in [1.165, 1.54) is 33.8 Å². The number of nitrogens with zero attached hydrogens (tertiary/aromatic N) is 3. The number of fused-ring (bicyclic) bond motifs is 2. The molecule has 3 heterocycles. The maximum absolute atomic E-state index is 15.0. The van der Waals surface area contributed by atoms with Gasteiger partial charge in [0.15, 0.2) is 11.4 Å². The van der Waals surface area contributed by atoms with Crippen molar-refractivity contribution in [2.24, 2.45) is 0 Å². The molecule has 9 heteroatoms. The SMILES string of the molecule is O=C1c2c(O)c(=O)cnn2[C@@H](C(c2cccc(F)c2)c2c(F)cccc2F)[C@H]2CCCN12. The quantitative estimate of drug-likeness (QED) is 0.677. The number of rotatable bonds is 3. The van der Waals surface area contributed by atoms with Gasteiger partial charge in [0.1, 0.15) is 17.5 Å². The average Bonchev–Trinajstić information content (AvgIpc) is 3.25. The number of carbonyl (C=O) groups is 1. The summed E-state index contributed by atoms with van der Waals surface area (Å²) in [6.07, 6.45) is 2.01. The van der Waals surface area contributed by atoms with Gasteiger partial charge in [-0.2, -0.15) is 5.10 Å². The molecule has 5 rings (SSSR count). The second-order valence-corrected chi connectivity index (χ2v) is 8.02. The van der Waals surface area contributed by atoms with Crippen molar-refractivity contribution in [3.05, 3.63) is 93.2 Å². The summed E-state index contributed by atoms with van der Waals surface area (Å²) in [5.41, 5.74) is -1.18. The van der Waals surface area contributed by atoms with E-state index in [0.29, 0.717) is 19.4 Å². The van der Waals surface area contributed by atoms with E-state index in [9.17, 15) is 19.1 Å². The number of benzene rings is 2. The van der Waals surface area contributed by atoms with Gasteiger partial charge in [-0.1, -0.05) is 18.2 Å². The molecule has 0 spiro atoms. The Labute approximate surface area is 180 Å². The van der Waals surface area contributed by atoms with Gasteiger partial charge in [-0.05, 0) is 42.7 Å². The summed E-state index contributed by atoms with van der Waals surface area (Å²) in [4.78, 5) is 26.6. The lowest BCUT2D eigenvalue weighted by Gasteiger charge is -2.42. The van der Waals surface area contributed by atoms with Gasteiger partial charge in [-0.3, -0.25) is 14.3 Å². The molecule has 6 nitrogen and oxygen atoms in total. The Morgan fingerprint density at radius 3 is 2.50 bits per heavy atom. The Hall–Kier alpha value is -3.62. The average molecular weight is 441 g/mol. The highest BCUT2D eigenvalue weighted by Crippen LogP contribution is 2.46. The second-order valence-electron chi connectivity index (χ2n) is 8.02. The summed E-state index contributed by atoms with van der Waals surface area (Å²) in [5.74, 6) is -4.67. The van der Waals surface area contributed by atoms with Crippen LogP contribution in [0.2, 0.25) is 0 Å². The first-order chi connectivity index (χ1) is 15.4. The van der Waals surface area contributed by atoms with Crippen LogP contribution < -0.4 is 5.43 Å². The van der Waals surface area contributed by atoms with Crippen molar-refractivity contribution in [2.75, 3.05) is 6.54 Å². The van der Waals surface area contributed by atoms with Crippen LogP contribution in [0, 0.1) is 17.5 Å². The van der Waals surface area contributed by atoms with Crippen molar-refractivity contribution in [1.29, 1.82) is 0 Å². The molecule has 3 atom stereocenters. The minimum Gasteiger partial charge on any atom is -0.502 e. The number of hydrogen-bond acceptors (Lipinski definition) is 4. The number of hydrogen-bond donors (Lipinski definition) is 1. The second kappa shape index (κ2) is 7.51. The standard InChI is InChI=1S/C23H18F3N3O3/c24-13-5-1-4-12(10-13)18(19-14(25)6-2-7-15(19)26)20-16-8-3-9-28(16)23(32)21-22(31)17(30)11-27-29(20)21/h1-2,4-7,10-11,16,18,20,31H,3,8-9H2/t16-,18?,20-/m1/s1. The molecule has 32 heavy (non-hydrogen) atoms. The van der Waals surface area contributed by atoms with Gasteiger partial charge in [0.2, 0.25) is 5.43 Å². The number of aromatic hydroxyl groups is 1. The van der Waals surface area contributed by atoms with E-state index in [4.69, 9.17) is 0 Å². The molecule has 1 saturated heterocycles. The minimum absolute atomic E-state index is 0.283. The van der Waals surface area contributed by atoms with Gasteiger partial charge in [-0.25, -0.2) is 13.2 Å². The Morgan fingerprint density at radius 1 is 1.06 bits per heavy atom. The molecule has 2 aliphatic heterocycles. The predicted octanol–water partition coefficient (Wildman–Crippen LogP) is 3.36. The molecule has 0 bridgehead atoms.